The van der Waals surface area contributed by atoms with E-state index >= 15 is 0 Å². The summed E-state index contributed by atoms with van der Waals surface area (Å²) in [5.41, 5.74) is 6.16. The van der Waals surface area contributed by atoms with Crippen molar-refractivity contribution in [3.8, 4) is 12.1 Å². The Hall–Kier alpha value is -4.17. The van der Waals surface area contributed by atoms with Crippen LogP contribution in [-0.2, 0) is 11.2 Å². The third kappa shape index (κ3) is 3.40. The molecular formula is C21H17N5O3. The van der Waals surface area contributed by atoms with Gasteiger partial charge in [-0.3, -0.25) is 10.1 Å². The number of aliphatic imine (C=N–C) groups is 1. The largest absolute Gasteiger partial charge is 0.480 e. The first-order valence-electron chi connectivity index (χ1n) is 8.69. The summed E-state index contributed by atoms with van der Waals surface area (Å²) in [6, 6.07) is 19.4. The van der Waals surface area contributed by atoms with Crippen molar-refractivity contribution < 1.29 is 9.66 Å². The molecule has 2 aromatic rings. The molecule has 2 aromatic carbocycles. The van der Waals surface area contributed by atoms with Crippen LogP contribution < -0.4 is 5.73 Å². The minimum atomic E-state index is -1.41. The summed E-state index contributed by atoms with van der Waals surface area (Å²) in [6.45, 7) is 0. The lowest BCUT2D eigenvalue weighted by Crippen LogP contribution is -2.46. The number of hydrogen-bond acceptors (Lipinski definition) is 7. The maximum absolute atomic E-state index is 11.2. The van der Waals surface area contributed by atoms with Gasteiger partial charge in [-0.05, 0) is 17.5 Å². The van der Waals surface area contributed by atoms with Crippen LogP contribution in [0, 0.1) is 38.2 Å². The van der Waals surface area contributed by atoms with Crippen molar-refractivity contribution in [2.75, 3.05) is 7.11 Å². The van der Waals surface area contributed by atoms with E-state index in [1.54, 1.807) is 36.4 Å². The topological polar surface area (TPSA) is 138 Å². The fourth-order valence-electron chi connectivity index (χ4n) is 3.61. The molecule has 0 aromatic heterocycles. The van der Waals surface area contributed by atoms with E-state index in [-0.39, 0.29) is 29.4 Å². The second-order valence-corrected chi connectivity index (χ2v) is 6.56. The second kappa shape index (κ2) is 7.83. The number of non-ortho nitro benzene ring substituents is 1. The van der Waals surface area contributed by atoms with E-state index in [4.69, 9.17) is 10.5 Å². The van der Waals surface area contributed by atoms with Crippen LogP contribution in [0.4, 0.5) is 5.69 Å². The first-order valence-corrected chi connectivity index (χ1v) is 8.69. The molecule has 1 heterocycles. The van der Waals surface area contributed by atoms with Crippen molar-refractivity contribution in [3.05, 3.63) is 87.3 Å². The van der Waals surface area contributed by atoms with Crippen molar-refractivity contribution in [2.24, 2.45) is 16.1 Å². The van der Waals surface area contributed by atoms with Crippen LogP contribution in [0.5, 0.6) is 0 Å². The molecule has 8 heteroatoms. The Morgan fingerprint density at radius 1 is 1.24 bits per heavy atom. The van der Waals surface area contributed by atoms with Crippen LogP contribution in [0.25, 0.3) is 0 Å². The quantitative estimate of drug-likeness (QED) is 0.617. The molecule has 2 unspecified atom stereocenters. The number of nitro groups is 1. The van der Waals surface area contributed by atoms with E-state index in [0.29, 0.717) is 11.1 Å². The van der Waals surface area contributed by atoms with E-state index in [1.807, 2.05) is 6.07 Å². The van der Waals surface area contributed by atoms with Gasteiger partial charge in [-0.1, -0.05) is 42.5 Å². The number of methoxy groups -OCH3 is 1. The molecule has 1 aliphatic rings. The van der Waals surface area contributed by atoms with Crippen LogP contribution in [-0.4, -0.2) is 17.9 Å². The van der Waals surface area contributed by atoms with E-state index in [9.17, 15) is 20.6 Å². The predicted octanol–water partition coefficient (Wildman–Crippen LogP) is 3.18. The molecule has 2 atom stereocenters. The molecule has 144 valence electrons. The summed E-state index contributed by atoms with van der Waals surface area (Å²) >= 11 is 0. The van der Waals surface area contributed by atoms with E-state index < -0.39 is 16.3 Å². The van der Waals surface area contributed by atoms with Crippen LogP contribution in [0.2, 0.25) is 0 Å². The fourth-order valence-corrected chi connectivity index (χ4v) is 3.61. The molecule has 0 saturated heterocycles. The van der Waals surface area contributed by atoms with Crippen molar-refractivity contribution >= 4 is 11.5 Å². The molecule has 0 saturated carbocycles. The van der Waals surface area contributed by atoms with Gasteiger partial charge in [0.1, 0.15) is 22.9 Å². The van der Waals surface area contributed by atoms with Crippen molar-refractivity contribution in [1.29, 1.82) is 10.5 Å². The third-order valence-corrected chi connectivity index (χ3v) is 4.94. The molecule has 2 N–H and O–H groups in total. The monoisotopic (exact) mass is 387 g/mol. The number of benzene rings is 2. The van der Waals surface area contributed by atoms with Gasteiger partial charge in [0.2, 0.25) is 5.88 Å². The van der Waals surface area contributed by atoms with E-state index in [2.05, 4.69) is 17.1 Å². The molecule has 8 nitrogen and oxygen atoms in total. The lowest BCUT2D eigenvalue weighted by Gasteiger charge is -2.37. The zero-order chi connectivity index (χ0) is 21.0. The van der Waals surface area contributed by atoms with Crippen LogP contribution in [0.3, 0.4) is 0 Å². The molecule has 29 heavy (non-hydrogen) atoms. The Balaban J connectivity index is 2.22. The molecule has 0 spiro atoms. The van der Waals surface area contributed by atoms with E-state index in [1.165, 1.54) is 19.2 Å². The number of nitrogens with two attached hydrogens (primary N) is 1. The fraction of sp³-hybridized carbons (Fsp3) is 0.190. The Labute approximate surface area is 167 Å². The average molecular weight is 387 g/mol. The van der Waals surface area contributed by atoms with Crippen molar-refractivity contribution in [2.45, 2.75) is 12.3 Å². The number of allylic oxidation sites excluding steroid dienone is 1. The number of rotatable bonds is 5. The van der Waals surface area contributed by atoms with Gasteiger partial charge in [0.25, 0.3) is 5.69 Å². The smallest absolute Gasteiger partial charge is 0.269 e. The SMILES string of the molecule is COC1=C(C#N)C(c2ccccc2)C(C#N)(Cc2cccc([N+](=O)[O-])c2)C(N)=N1. The van der Waals surface area contributed by atoms with Crippen LogP contribution in [0.15, 0.2) is 71.0 Å². The summed E-state index contributed by atoms with van der Waals surface area (Å²) in [6.07, 6.45) is 0.0439. The van der Waals surface area contributed by atoms with Gasteiger partial charge in [-0.15, -0.1) is 0 Å². The summed E-state index contributed by atoms with van der Waals surface area (Å²) in [5, 5.41) is 31.2. The Kier molecular flexibility index (Phi) is 5.29. The van der Waals surface area contributed by atoms with Gasteiger partial charge < -0.3 is 10.5 Å². The molecule has 0 aliphatic carbocycles. The minimum Gasteiger partial charge on any atom is -0.480 e. The predicted molar refractivity (Wildman–Crippen MR) is 105 cm³/mol. The standard InChI is InChI=1S/C21H17N5O3/c1-29-19-17(12-22)18(15-7-3-2-4-8-15)21(13-23,20(24)25-19)11-14-6-5-9-16(10-14)26(27)28/h2-10,18H,11H2,1H3,(H2,24,25). The molecule has 0 amide bonds. The number of amidine groups is 1. The van der Waals surface area contributed by atoms with Gasteiger partial charge in [0.05, 0.1) is 24.0 Å². The van der Waals surface area contributed by atoms with Gasteiger partial charge in [0.15, 0.2) is 0 Å². The van der Waals surface area contributed by atoms with Crippen LogP contribution >= 0.6 is 0 Å². The van der Waals surface area contributed by atoms with Crippen molar-refractivity contribution in [3.63, 3.8) is 0 Å². The normalized spacial score (nSPS) is 20.9. The highest BCUT2D eigenvalue weighted by atomic mass is 16.6. The van der Waals surface area contributed by atoms with Gasteiger partial charge in [0, 0.05) is 12.1 Å². The van der Waals surface area contributed by atoms with Gasteiger partial charge in [-0.2, -0.15) is 15.5 Å². The molecule has 0 radical (unpaired) electrons. The number of hydrogen-bond donors (Lipinski definition) is 1. The van der Waals surface area contributed by atoms with E-state index in [0.717, 1.165) is 0 Å². The third-order valence-electron chi connectivity index (χ3n) is 4.94. The number of nitriles is 2. The Morgan fingerprint density at radius 2 is 1.97 bits per heavy atom. The lowest BCUT2D eigenvalue weighted by molar-refractivity contribution is -0.384. The van der Waals surface area contributed by atoms with Gasteiger partial charge in [-0.25, -0.2) is 0 Å². The first kappa shape index (κ1) is 19.6. The van der Waals surface area contributed by atoms with Gasteiger partial charge >= 0.3 is 0 Å². The van der Waals surface area contributed by atoms with Crippen LogP contribution in [0.1, 0.15) is 17.0 Å². The first-order chi connectivity index (χ1) is 14.0. The highest BCUT2D eigenvalue weighted by molar-refractivity contribution is 5.93. The maximum Gasteiger partial charge on any atom is 0.269 e. The lowest BCUT2D eigenvalue weighted by atomic mass is 9.64. The molecule has 0 bridgehead atoms. The zero-order valence-electron chi connectivity index (χ0n) is 15.6. The average Bonchev–Trinajstić information content (AvgIpc) is 2.75. The summed E-state index contributed by atoms with van der Waals surface area (Å²) in [4.78, 5) is 14.8. The number of ether oxygens (including phenoxy) is 1. The minimum absolute atomic E-state index is 0.00351. The summed E-state index contributed by atoms with van der Waals surface area (Å²) in [5.74, 6) is -0.689. The summed E-state index contributed by atoms with van der Waals surface area (Å²) < 4.78 is 5.25. The number of nitro benzene ring substituents is 1. The molecule has 0 fully saturated rings. The number of nitrogens with zero attached hydrogens (tertiary/aromatic N) is 4. The second-order valence-electron chi connectivity index (χ2n) is 6.56. The molecular weight excluding hydrogens is 370 g/mol. The highest BCUT2D eigenvalue weighted by Crippen LogP contribution is 2.47. The zero-order valence-corrected chi connectivity index (χ0v) is 15.6. The van der Waals surface area contributed by atoms with Crippen molar-refractivity contribution in [1.82, 2.24) is 0 Å². The summed E-state index contributed by atoms with van der Waals surface area (Å²) in [7, 11) is 1.38. The molecule has 1 aliphatic heterocycles. The highest BCUT2D eigenvalue weighted by Gasteiger charge is 2.50. The Bertz CT molecular complexity index is 1100. The Morgan fingerprint density at radius 3 is 2.55 bits per heavy atom. The maximum atomic E-state index is 11.2. The molecule has 3 rings (SSSR count).